The van der Waals surface area contributed by atoms with Gasteiger partial charge < -0.3 is 9.57 Å². The molecule has 5 heteroatoms. The molecule has 0 aliphatic heterocycles. The second-order valence-corrected chi connectivity index (χ2v) is 4.11. The molecule has 0 radical (unpaired) electrons. The first-order valence-electron chi connectivity index (χ1n) is 6.19. The van der Waals surface area contributed by atoms with Crippen molar-refractivity contribution in [2.24, 2.45) is 0 Å². The Hall–Kier alpha value is -1.91. The maximum absolute atomic E-state index is 11.6. The zero-order valence-electron chi connectivity index (χ0n) is 10.7. The van der Waals surface area contributed by atoms with E-state index in [1.165, 1.54) is 11.8 Å². The fraction of sp³-hybridized carbons (Fsp3) is 0.462. The number of hydrogen-bond donors (Lipinski definition) is 1. The number of imidazole rings is 1. The van der Waals surface area contributed by atoms with E-state index in [0.29, 0.717) is 23.4 Å². The molecule has 0 unspecified atom stereocenters. The van der Waals surface area contributed by atoms with Crippen LogP contribution in [0.25, 0.3) is 11.0 Å². The van der Waals surface area contributed by atoms with Crippen molar-refractivity contribution in [1.29, 1.82) is 0 Å². The van der Waals surface area contributed by atoms with Crippen molar-refractivity contribution in [1.82, 2.24) is 9.71 Å². The molecule has 98 valence electrons. The van der Waals surface area contributed by atoms with Crippen molar-refractivity contribution in [3.8, 4) is 5.75 Å². The Balaban J connectivity index is 2.26. The number of unbranched alkanes of at least 4 members (excludes halogenated alkanes) is 2. The molecule has 0 atom stereocenters. The third-order valence-corrected chi connectivity index (χ3v) is 2.83. The highest BCUT2D eigenvalue weighted by Crippen LogP contribution is 2.22. The summed E-state index contributed by atoms with van der Waals surface area (Å²) in [5, 5.41) is 0. The number of nitrogens with zero attached hydrogens (tertiary/aromatic N) is 1. The van der Waals surface area contributed by atoms with Crippen molar-refractivity contribution in [2.75, 3.05) is 13.7 Å². The molecule has 0 aliphatic rings. The molecule has 1 N–H and O–H groups in total. The summed E-state index contributed by atoms with van der Waals surface area (Å²) >= 11 is 0. The fourth-order valence-corrected chi connectivity index (χ4v) is 1.92. The van der Waals surface area contributed by atoms with E-state index in [1.54, 1.807) is 0 Å². The number of nitrogens with one attached hydrogen (secondary N) is 1. The molecule has 2 aromatic rings. The van der Waals surface area contributed by atoms with Gasteiger partial charge in [-0.15, -0.1) is 4.73 Å². The Morgan fingerprint density at radius 1 is 1.33 bits per heavy atom. The Kier molecular flexibility index (Phi) is 3.92. The van der Waals surface area contributed by atoms with Crippen LogP contribution in [0.15, 0.2) is 23.0 Å². The van der Waals surface area contributed by atoms with Gasteiger partial charge in [0.15, 0.2) is 0 Å². The fourth-order valence-electron chi connectivity index (χ4n) is 1.92. The van der Waals surface area contributed by atoms with Crippen LogP contribution in [0.2, 0.25) is 0 Å². The number of fused-ring (bicyclic) bond motifs is 1. The number of aromatic amines is 1. The van der Waals surface area contributed by atoms with Crippen molar-refractivity contribution in [2.45, 2.75) is 26.2 Å². The second-order valence-electron chi connectivity index (χ2n) is 4.11. The van der Waals surface area contributed by atoms with Crippen LogP contribution in [0, 0.1) is 0 Å². The molecule has 0 aliphatic carbocycles. The molecule has 0 saturated heterocycles. The molecule has 1 aromatic heterocycles. The normalized spacial score (nSPS) is 10.8. The van der Waals surface area contributed by atoms with Gasteiger partial charge >= 0.3 is 5.69 Å². The molecular weight excluding hydrogens is 232 g/mol. The van der Waals surface area contributed by atoms with E-state index in [2.05, 4.69) is 11.9 Å². The van der Waals surface area contributed by atoms with Gasteiger partial charge in [0.1, 0.15) is 23.9 Å². The van der Waals surface area contributed by atoms with E-state index in [1.807, 2.05) is 18.2 Å². The molecule has 1 heterocycles. The lowest BCUT2D eigenvalue weighted by molar-refractivity contribution is 0.169. The molecule has 5 nitrogen and oxygen atoms in total. The summed E-state index contributed by atoms with van der Waals surface area (Å²) in [6, 6.07) is 5.51. The minimum Gasteiger partial charge on any atom is -0.491 e. The Bertz CT molecular complexity index is 571. The molecule has 1 aromatic carbocycles. The number of para-hydroxylation sites is 1. The topological polar surface area (TPSA) is 56.2 Å². The van der Waals surface area contributed by atoms with Gasteiger partial charge in [0, 0.05) is 0 Å². The third-order valence-electron chi connectivity index (χ3n) is 2.83. The number of hydrogen-bond acceptors (Lipinski definition) is 3. The summed E-state index contributed by atoms with van der Waals surface area (Å²) in [6.45, 7) is 2.81. The van der Waals surface area contributed by atoms with E-state index in [0.717, 1.165) is 19.3 Å². The average Bonchev–Trinajstić information content (AvgIpc) is 2.70. The third kappa shape index (κ3) is 2.34. The van der Waals surface area contributed by atoms with Crippen LogP contribution in [0.1, 0.15) is 26.2 Å². The zero-order valence-corrected chi connectivity index (χ0v) is 10.7. The lowest BCUT2D eigenvalue weighted by Crippen LogP contribution is -2.21. The molecule has 0 amide bonds. The number of ether oxygens (including phenoxy) is 1. The van der Waals surface area contributed by atoms with Crippen LogP contribution in [-0.4, -0.2) is 23.4 Å². The highest BCUT2D eigenvalue weighted by atomic mass is 16.7. The molecule has 0 saturated carbocycles. The standard InChI is InChI=1S/C13H18N2O3/c1-3-4-5-9-18-11-8-6-7-10-12(11)14-13(16)15(10)17-2/h6-8H,3-5,9H2,1-2H3,(H,14,16). The maximum atomic E-state index is 11.6. The van der Waals surface area contributed by atoms with Crippen molar-refractivity contribution >= 4 is 11.0 Å². The Morgan fingerprint density at radius 2 is 2.17 bits per heavy atom. The molecule has 2 rings (SSSR count). The van der Waals surface area contributed by atoms with Gasteiger partial charge in [0.05, 0.1) is 6.61 Å². The molecule has 0 bridgehead atoms. The summed E-state index contributed by atoms with van der Waals surface area (Å²) < 4.78 is 6.91. The summed E-state index contributed by atoms with van der Waals surface area (Å²) in [5.41, 5.74) is 1.08. The van der Waals surface area contributed by atoms with Gasteiger partial charge in [0.25, 0.3) is 0 Å². The highest BCUT2D eigenvalue weighted by Gasteiger charge is 2.10. The second kappa shape index (κ2) is 5.62. The van der Waals surface area contributed by atoms with Gasteiger partial charge in [-0.1, -0.05) is 25.8 Å². The van der Waals surface area contributed by atoms with E-state index in [-0.39, 0.29) is 5.69 Å². The molecule has 18 heavy (non-hydrogen) atoms. The quantitative estimate of drug-likeness (QED) is 0.797. The van der Waals surface area contributed by atoms with E-state index >= 15 is 0 Å². The van der Waals surface area contributed by atoms with Crippen molar-refractivity contribution in [3.05, 3.63) is 28.7 Å². The van der Waals surface area contributed by atoms with E-state index < -0.39 is 0 Å². The van der Waals surface area contributed by atoms with Gasteiger partial charge in [-0.05, 0) is 18.6 Å². The first kappa shape index (κ1) is 12.5. The Labute approximate surface area is 105 Å². The minimum atomic E-state index is -0.294. The van der Waals surface area contributed by atoms with Crippen LogP contribution in [0.3, 0.4) is 0 Å². The van der Waals surface area contributed by atoms with E-state index in [4.69, 9.17) is 9.57 Å². The summed E-state index contributed by atoms with van der Waals surface area (Å²) in [6.07, 6.45) is 3.32. The first-order chi connectivity index (χ1) is 8.77. The Morgan fingerprint density at radius 3 is 2.89 bits per heavy atom. The number of H-pyrrole nitrogens is 1. The molecular formula is C13H18N2O3. The number of benzene rings is 1. The predicted molar refractivity (Wildman–Crippen MR) is 70.1 cm³/mol. The largest absolute Gasteiger partial charge is 0.491 e. The van der Waals surface area contributed by atoms with Crippen molar-refractivity contribution < 1.29 is 9.57 Å². The van der Waals surface area contributed by atoms with Crippen LogP contribution in [0.4, 0.5) is 0 Å². The van der Waals surface area contributed by atoms with Crippen LogP contribution in [0.5, 0.6) is 5.75 Å². The summed E-state index contributed by atoms with van der Waals surface area (Å²) in [5.74, 6) is 0.691. The summed E-state index contributed by atoms with van der Waals surface area (Å²) in [7, 11) is 1.46. The molecule has 0 spiro atoms. The number of aromatic nitrogens is 2. The smallest absolute Gasteiger partial charge is 0.359 e. The highest BCUT2D eigenvalue weighted by molar-refractivity contribution is 5.81. The lowest BCUT2D eigenvalue weighted by Gasteiger charge is -2.06. The summed E-state index contributed by atoms with van der Waals surface area (Å²) in [4.78, 5) is 19.4. The lowest BCUT2D eigenvalue weighted by atomic mass is 10.2. The van der Waals surface area contributed by atoms with Crippen LogP contribution in [-0.2, 0) is 0 Å². The number of rotatable bonds is 6. The van der Waals surface area contributed by atoms with Gasteiger partial charge in [-0.25, -0.2) is 4.79 Å². The van der Waals surface area contributed by atoms with Crippen LogP contribution < -0.4 is 15.3 Å². The SMILES string of the molecule is CCCCCOc1cccc2c1[nH]c(=O)n2OC. The van der Waals surface area contributed by atoms with Gasteiger partial charge in [-0.2, -0.15) is 0 Å². The monoisotopic (exact) mass is 250 g/mol. The average molecular weight is 250 g/mol. The van der Waals surface area contributed by atoms with Crippen molar-refractivity contribution in [3.63, 3.8) is 0 Å². The molecule has 0 fully saturated rings. The zero-order chi connectivity index (χ0) is 13.0. The van der Waals surface area contributed by atoms with Gasteiger partial charge in [-0.3, -0.25) is 4.98 Å². The maximum Gasteiger partial charge on any atom is 0.359 e. The van der Waals surface area contributed by atoms with Gasteiger partial charge in [0.2, 0.25) is 0 Å². The predicted octanol–water partition coefficient (Wildman–Crippen LogP) is 1.96. The van der Waals surface area contributed by atoms with Crippen LogP contribution >= 0.6 is 0 Å². The minimum absolute atomic E-state index is 0.294. The van der Waals surface area contributed by atoms with E-state index in [9.17, 15) is 4.79 Å². The first-order valence-corrected chi connectivity index (χ1v) is 6.19.